The molecule has 1 unspecified atom stereocenters. The molecule has 2 saturated heterocycles. The van der Waals surface area contributed by atoms with Crippen molar-refractivity contribution in [3.63, 3.8) is 0 Å². The molecular formula is C26H28ClN7. The number of pyridine rings is 1. The summed E-state index contributed by atoms with van der Waals surface area (Å²) in [5, 5.41) is 9.85. The first-order valence-electron chi connectivity index (χ1n) is 11.8. The second kappa shape index (κ2) is 9.47. The second-order valence-electron chi connectivity index (χ2n) is 9.08. The fourth-order valence-corrected chi connectivity index (χ4v) is 5.13. The first kappa shape index (κ1) is 22.4. The molecule has 0 amide bonds. The van der Waals surface area contributed by atoms with E-state index in [2.05, 4.69) is 45.7 Å². The number of piperazine rings is 1. The first-order valence-corrected chi connectivity index (χ1v) is 12.2. The van der Waals surface area contributed by atoms with Crippen molar-refractivity contribution in [3.8, 4) is 17.3 Å². The summed E-state index contributed by atoms with van der Waals surface area (Å²) in [5.74, 6) is 2.55. The molecule has 2 atom stereocenters. The molecule has 8 heteroatoms. The molecule has 1 aromatic carbocycles. The lowest BCUT2D eigenvalue weighted by atomic mass is 10.1. The highest BCUT2D eigenvalue weighted by molar-refractivity contribution is 6.32. The summed E-state index contributed by atoms with van der Waals surface area (Å²) in [5.41, 5.74) is 2.51. The van der Waals surface area contributed by atoms with Gasteiger partial charge in [0.2, 0.25) is 5.95 Å². The van der Waals surface area contributed by atoms with Crippen LogP contribution in [0.5, 0.6) is 0 Å². The minimum Gasteiger partial charge on any atom is -0.352 e. The number of rotatable bonds is 4. The summed E-state index contributed by atoms with van der Waals surface area (Å²) in [6.07, 6.45) is 4.09. The molecular weight excluding hydrogens is 446 g/mol. The normalized spacial score (nSPS) is 20.5. The largest absolute Gasteiger partial charge is 0.352 e. The van der Waals surface area contributed by atoms with Gasteiger partial charge in [-0.3, -0.25) is 0 Å². The Hall–Kier alpha value is -3.37. The molecule has 2 aliphatic rings. The number of anilines is 3. The van der Waals surface area contributed by atoms with E-state index in [0.717, 1.165) is 67.9 Å². The number of hydrogen-bond donors (Lipinski definition) is 0. The van der Waals surface area contributed by atoms with Gasteiger partial charge >= 0.3 is 0 Å². The Bertz CT molecular complexity index is 1210. The van der Waals surface area contributed by atoms with E-state index < -0.39 is 0 Å². The summed E-state index contributed by atoms with van der Waals surface area (Å²) in [7, 11) is 0. The average Bonchev–Trinajstić information content (AvgIpc) is 3.30. The Morgan fingerprint density at radius 2 is 1.82 bits per heavy atom. The molecule has 2 fully saturated rings. The van der Waals surface area contributed by atoms with E-state index in [1.807, 2.05) is 36.4 Å². The standard InChI is InChI=1S/C26H28ClN7/c1-18-5-4-12-34(18)26-30-23(21-9-7-20(16-28)8-10-21)15-24(31-26)33-14-13-32(17-19(33)2)25-22(27)6-3-11-29-25/h3,6-11,15,18-19H,4-5,12-14,17H2,1-2H3/t18?,19-/m1/s1. The summed E-state index contributed by atoms with van der Waals surface area (Å²) in [6.45, 7) is 7.86. The van der Waals surface area contributed by atoms with Crippen molar-refractivity contribution in [2.24, 2.45) is 0 Å². The SMILES string of the molecule is CC1CCCN1c1nc(-c2ccc(C#N)cc2)cc(N2CCN(c3ncccc3Cl)C[C@H]2C)n1. The predicted molar refractivity (Wildman–Crippen MR) is 136 cm³/mol. The van der Waals surface area contributed by atoms with Gasteiger partial charge in [-0.25, -0.2) is 9.97 Å². The Morgan fingerprint density at radius 3 is 2.50 bits per heavy atom. The lowest BCUT2D eigenvalue weighted by molar-refractivity contribution is 0.542. The fourth-order valence-electron chi connectivity index (χ4n) is 4.89. The van der Waals surface area contributed by atoms with E-state index in [1.54, 1.807) is 6.20 Å². The van der Waals surface area contributed by atoms with Crippen LogP contribution in [0.25, 0.3) is 11.3 Å². The Labute approximate surface area is 205 Å². The third-order valence-corrected chi connectivity index (χ3v) is 7.08. The van der Waals surface area contributed by atoms with Gasteiger partial charge in [0.1, 0.15) is 11.6 Å². The number of nitriles is 1. The van der Waals surface area contributed by atoms with Crippen LogP contribution in [0.15, 0.2) is 48.7 Å². The maximum absolute atomic E-state index is 9.17. The number of aromatic nitrogens is 3. The molecule has 2 aromatic heterocycles. The van der Waals surface area contributed by atoms with E-state index >= 15 is 0 Å². The van der Waals surface area contributed by atoms with Crippen LogP contribution in [-0.4, -0.2) is 53.2 Å². The van der Waals surface area contributed by atoms with Gasteiger partial charge in [0.05, 0.1) is 22.3 Å². The molecule has 0 N–H and O–H groups in total. The van der Waals surface area contributed by atoms with Gasteiger partial charge in [-0.05, 0) is 51.0 Å². The van der Waals surface area contributed by atoms with E-state index in [1.165, 1.54) is 0 Å². The molecule has 2 aliphatic heterocycles. The third-order valence-electron chi connectivity index (χ3n) is 6.78. The van der Waals surface area contributed by atoms with Crippen LogP contribution in [0.2, 0.25) is 5.02 Å². The minimum absolute atomic E-state index is 0.222. The summed E-state index contributed by atoms with van der Waals surface area (Å²) in [4.78, 5) is 21.4. The Kier molecular flexibility index (Phi) is 6.25. The molecule has 4 heterocycles. The second-order valence-corrected chi connectivity index (χ2v) is 9.49. The van der Waals surface area contributed by atoms with Crippen molar-refractivity contribution in [1.29, 1.82) is 5.26 Å². The number of benzene rings is 1. The first-order chi connectivity index (χ1) is 16.5. The topological polar surface area (TPSA) is 72.2 Å². The average molecular weight is 474 g/mol. The summed E-state index contributed by atoms with van der Waals surface area (Å²) in [6, 6.07) is 16.3. The smallest absolute Gasteiger partial charge is 0.228 e. The van der Waals surface area contributed by atoms with E-state index in [0.29, 0.717) is 16.6 Å². The van der Waals surface area contributed by atoms with Crippen molar-refractivity contribution >= 4 is 29.2 Å². The van der Waals surface area contributed by atoms with Crippen molar-refractivity contribution in [2.45, 2.75) is 38.8 Å². The van der Waals surface area contributed by atoms with Gasteiger partial charge in [-0.1, -0.05) is 23.7 Å². The molecule has 174 valence electrons. The third kappa shape index (κ3) is 4.38. The molecule has 0 radical (unpaired) electrons. The highest BCUT2D eigenvalue weighted by atomic mass is 35.5. The molecule has 0 saturated carbocycles. The quantitative estimate of drug-likeness (QED) is 0.540. The van der Waals surface area contributed by atoms with Crippen LogP contribution in [-0.2, 0) is 0 Å². The highest BCUT2D eigenvalue weighted by Crippen LogP contribution is 2.31. The molecule has 5 rings (SSSR count). The summed E-state index contributed by atoms with van der Waals surface area (Å²) < 4.78 is 0. The number of hydrogen-bond acceptors (Lipinski definition) is 7. The lowest BCUT2D eigenvalue weighted by Gasteiger charge is -2.41. The fraction of sp³-hybridized carbons (Fsp3) is 0.385. The van der Waals surface area contributed by atoms with Crippen molar-refractivity contribution in [1.82, 2.24) is 15.0 Å². The van der Waals surface area contributed by atoms with Gasteiger partial charge in [0.15, 0.2) is 0 Å². The monoisotopic (exact) mass is 473 g/mol. The van der Waals surface area contributed by atoms with E-state index in [4.69, 9.17) is 21.6 Å². The minimum atomic E-state index is 0.222. The van der Waals surface area contributed by atoms with Crippen molar-refractivity contribution < 1.29 is 0 Å². The van der Waals surface area contributed by atoms with Crippen LogP contribution in [0.1, 0.15) is 32.3 Å². The zero-order valence-electron chi connectivity index (χ0n) is 19.5. The molecule has 0 spiro atoms. The molecule has 0 bridgehead atoms. The lowest BCUT2D eigenvalue weighted by Crippen LogP contribution is -2.52. The zero-order chi connectivity index (χ0) is 23.7. The van der Waals surface area contributed by atoms with Crippen LogP contribution in [0.3, 0.4) is 0 Å². The van der Waals surface area contributed by atoms with Gasteiger partial charge in [-0.2, -0.15) is 10.2 Å². The number of nitrogens with zero attached hydrogens (tertiary/aromatic N) is 7. The maximum atomic E-state index is 9.17. The molecule has 34 heavy (non-hydrogen) atoms. The maximum Gasteiger partial charge on any atom is 0.228 e. The van der Waals surface area contributed by atoms with Crippen LogP contribution in [0, 0.1) is 11.3 Å². The van der Waals surface area contributed by atoms with Crippen LogP contribution in [0.4, 0.5) is 17.6 Å². The summed E-state index contributed by atoms with van der Waals surface area (Å²) >= 11 is 6.41. The van der Waals surface area contributed by atoms with Crippen LogP contribution < -0.4 is 14.7 Å². The van der Waals surface area contributed by atoms with Crippen molar-refractivity contribution in [3.05, 3.63) is 59.2 Å². The number of halogens is 1. The predicted octanol–water partition coefficient (Wildman–Crippen LogP) is 4.77. The van der Waals surface area contributed by atoms with Gasteiger partial charge in [-0.15, -0.1) is 0 Å². The van der Waals surface area contributed by atoms with Gasteiger partial charge < -0.3 is 14.7 Å². The Morgan fingerprint density at radius 1 is 1.00 bits per heavy atom. The molecule has 0 aliphatic carbocycles. The zero-order valence-corrected chi connectivity index (χ0v) is 20.3. The van der Waals surface area contributed by atoms with Gasteiger partial charge in [0, 0.05) is 56.1 Å². The molecule has 7 nitrogen and oxygen atoms in total. The van der Waals surface area contributed by atoms with Crippen LogP contribution >= 0.6 is 11.6 Å². The highest BCUT2D eigenvalue weighted by Gasteiger charge is 2.29. The van der Waals surface area contributed by atoms with E-state index in [9.17, 15) is 5.26 Å². The van der Waals surface area contributed by atoms with E-state index in [-0.39, 0.29) is 6.04 Å². The van der Waals surface area contributed by atoms with Crippen molar-refractivity contribution in [2.75, 3.05) is 40.9 Å². The Balaban J connectivity index is 1.47. The van der Waals surface area contributed by atoms with Gasteiger partial charge in [0.25, 0.3) is 0 Å². The molecule has 3 aromatic rings.